The Morgan fingerprint density at radius 3 is 2.88 bits per heavy atom. The molecule has 1 aliphatic carbocycles. The number of hydrogen-bond donors (Lipinski definition) is 1. The lowest BCUT2D eigenvalue weighted by molar-refractivity contribution is 0.289. The lowest BCUT2D eigenvalue weighted by atomic mass is 10.3. The molecule has 0 unspecified atom stereocenters. The first-order valence-corrected chi connectivity index (χ1v) is 6.55. The van der Waals surface area contributed by atoms with Gasteiger partial charge in [-0.15, -0.1) is 0 Å². The summed E-state index contributed by atoms with van der Waals surface area (Å²) >= 11 is 5.94. The van der Waals surface area contributed by atoms with Gasteiger partial charge in [-0.25, -0.2) is 9.97 Å². The molecule has 0 atom stereocenters. The van der Waals surface area contributed by atoms with Crippen molar-refractivity contribution in [3.05, 3.63) is 17.0 Å². The normalized spacial score (nSPS) is 15.3. The molecule has 1 aliphatic rings. The minimum Gasteiger partial charge on any atom is -0.368 e. The van der Waals surface area contributed by atoms with E-state index in [2.05, 4.69) is 27.1 Å². The van der Waals surface area contributed by atoms with Gasteiger partial charge < -0.3 is 5.32 Å². The summed E-state index contributed by atoms with van der Waals surface area (Å²) in [6.45, 7) is 7.23. The van der Waals surface area contributed by atoms with Crippen LogP contribution in [0.5, 0.6) is 0 Å². The maximum absolute atomic E-state index is 5.94. The molecule has 0 spiro atoms. The Morgan fingerprint density at radius 2 is 2.24 bits per heavy atom. The van der Waals surface area contributed by atoms with Crippen LogP contribution in [-0.2, 0) is 0 Å². The minimum atomic E-state index is 0.525. The van der Waals surface area contributed by atoms with Crippen LogP contribution in [0.1, 0.15) is 25.3 Å². The molecule has 0 amide bonds. The third-order valence-corrected chi connectivity index (χ3v) is 3.56. The summed E-state index contributed by atoms with van der Waals surface area (Å²) in [6, 6.07) is 0.817. The van der Waals surface area contributed by atoms with Gasteiger partial charge in [0.15, 0.2) is 0 Å². The number of hydrogen-bond acceptors (Lipinski definition) is 4. The van der Waals surface area contributed by atoms with E-state index in [4.69, 9.17) is 11.6 Å². The molecule has 1 fully saturated rings. The van der Waals surface area contributed by atoms with Crippen molar-refractivity contribution in [2.24, 2.45) is 0 Å². The van der Waals surface area contributed by atoms with Crippen molar-refractivity contribution in [3.8, 4) is 0 Å². The van der Waals surface area contributed by atoms with Crippen molar-refractivity contribution in [1.82, 2.24) is 14.9 Å². The highest BCUT2D eigenvalue weighted by molar-refractivity contribution is 6.30. The Morgan fingerprint density at radius 1 is 1.47 bits per heavy atom. The van der Waals surface area contributed by atoms with Gasteiger partial charge in [0.2, 0.25) is 0 Å². The highest BCUT2D eigenvalue weighted by Gasteiger charge is 2.27. The van der Waals surface area contributed by atoms with Crippen molar-refractivity contribution in [2.75, 3.05) is 25.0 Å². The first kappa shape index (κ1) is 12.6. The number of rotatable bonds is 6. The zero-order chi connectivity index (χ0) is 12.3. The Labute approximate surface area is 107 Å². The van der Waals surface area contributed by atoms with Crippen LogP contribution >= 0.6 is 11.6 Å². The van der Waals surface area contributed by atoms with Crippen LogP contribution in [0, 0.1) is 6.92 Å². The molecule has 1 saturated carbocycles. The molecule has 1 aromatic rings. The molecule has 0 radical (unpaired) electrons. The lowest BCUT2D eigenvalue weighted by Crippen LogP contribution is -2.31. The van der Waals surface area contributed by atoms with E-state index in [1.54, 1.807) is 0 Å². The molecular formula is C12H19ClN4. The number of nitrogens with one attached hydrogen (secondary N) is 1. The van der Waals surface area contributed by atoms with E-state index in [0.717, 1.165) is 37.1 Å². The quantitative estimate of drug-likeness (QED) is 0.792. The molecule has 0 aromatic carbocycles. The van der Waals surface area contributed by atoms with E-state index in [0.29, 0.717) is 5.15 Å². The lowest BCUT2D eigenvalue weighted by Gasteiger charge is -2.20. The monoisotopic (exact) mass is 254 g/mol. The maximum Gasteiger partial charge on any atom is 0.137 e. The topological polar surface area (TPSA) is 41.0 Å². The van der Waals surface area contributed by atoms with Crippen molar-refractivity contribution >= 4 is 17.4 Å². The summed E-state index contributed by atoms with van der Waals surface area (Å²) in [5.74, 6) is 0.844. The van der Waals surface area contributed by atoms with E-state index < -0.39 is 0 Å². The molecule has 2 rings (SSSR count). The third kappa shape index (κ3) is 3.30. The van der Waals surface area contributed by atoms with E-state index >= 15 is 0 Å². The van der Waals surface area contributed by atoms with Crippen LogP contribution in [0.4, 0.5) is 5.82 Å². The highest BCUT2D eigenvalue weighted by atomic mass is 35.5. The van der Waals surface area contributed by atoms with Crippen molar-refractivity contribution in [1.29, 1.82) is 0 Å². The zero-order valence-corrected chi connectivity index (χ0v) is 11.2. The fraction of sp³-hybridized carbons (Fsp3) is 0.667. The molecule has 5 heteroatoms. The minimum absolute atomic E-state index is 0.525. The second kappa shape index (κ2) is 5.65. The first-order chi connectivity index (χ1) is 8.22. The van der Waals surface area contributed by atoms with E-state index in [-0.39, 0.29) is 0 Å². The average Bonchev–Trinajstić information content (AvgIpc) is 3.14. The molecule has 0 saturated heterocycles. The summed E-state index contributed by atoms with van der Waals surface area (Å²) in [5, 5.41) is 3.85. The Kier molecular flexibility index (Phi) is 4.18. The molecule has 1 N–H and O–H groups in total. The summed E-state index contributed by atoms with van der Waals surface area (Å²) in [6.07, 6.45) is 4.20. The SMILES string of the molecule is CCN(CCNc1ncnc(Cl)c1C)C1CC1. The van der Waals surface area contributed by atoms with Crippen LogP contribution in [0.25, 0.3) is 0 Å². The molecule has 1 heterocycles. The van der Waals surface area contributed by atoms with E-state index in [9.17, 15) is 0 Å². The van der Waals surface area contributed by atoms with Gasteiger partial charge in [-0.1, -0.05) is 18.5 Å². The first-order valence-electron chi connectivity index (χ1n) is 6.17. The Balaban J connectivity index is 1.83. The standard InChI is InChI=1S/C12H19ClN4/c1-3-17(10-4-5-10)7-6-14-12-9(2)11(13)15-8-16-12/h8,10H,3-7H2,1-2H3,(H,14,15,16). The molecule has 94 valence electrons. The van der Waals surface area contributed by atoms with Gasteiger partial charge in [-0.2, -0.15) is 0 Å². The van der Waals surface area contributed by atoms with Gasteiger partial charge in [0.1, 0.15) is 17.3 Å². The van der Waals surface area contributed by atoms with Gasteiger partial charge in [0.25, 0.3) is 0 Å². The molecular weight excluding hydrogens is 236 g/mol. The summed E-state index contributed by atoms with van der Waals surface area (Å²) in [5.41, 5.74) is 0.920. The van der Waals surface area contributed by atoms with Crippen LogP contribution in [0.2, 0.25) is 5.15 Å². The zero-order valence-electron chi connectivity index (χ0n) is 10.4. The number of likely N-dealkylation sites (N-methyl/N-ethyl adjacent to an activating group) is 1. The van der Waals surface area contributed by atoms with Crippen molar-refractivity contribution in [3.63, 3.8) is 0 Å². The van der Waals surface area contributed by atoms with Crippen LogP contribution in [-0.4, -0.2) is 40.5 Å². The molecule has 4 nitrogen and oxygen atoms in total. The average molecular weight is 255 g/mol. The molecule has 0 aliphatic heterocycles. The molecule has 1 aromatic heterocycles. The smallest absolute Gasteiger partial charge is 0.137 e. The fourth-order valence-electron chi connectivity index (χ4n) is 1.96. The van der Waals surface area contributed by atoms with Gasteiger partial charge >= 0.3 is 0 Å². The molecule has 17 heavy (non-hydrogen) atoms. The van der Waals surface area contributed by atoms with Gasteiger partial charge in [0.05, 0.1) is 0 Å². The van der Waals surface area contributed by atoms with Crippen LogP contribution in [0.3, 0.4) is 0 Å². The summed E-state index contributed by atoms with van der Waals surface area (Å²) < 4.78 is 0. The molecule has 0 bridgehead atoms. The third-order valence-electron chi connectivity index (χ3n) is 3.18. The number of aromatic nitrogens is 2. The Hall–Kier alpha value is -0.870. The highest BCUT2D eigenvalue weighted by Crippen LogP contribution is 2.26. The van der Waals surface area contributed by atoms with Gasteiger partial charge in [-0.3, -0.25) is 4.90 Å². The van der Waals surface area contributed by atoms with Gasteiger partial charge in [-0.05, 0) is 26.3 Å². The summed E-state index contributed by atoms with van der Waals surface area (Å²) in [7, 11) is 0. The Bertz CT molecular complexity index is 379. The summed E-state index contributed by atoms with van der Waals surface area (Å²) in [4.78, 5) is 10.6. The number of halogens is 1. The fourth-order valence-corrected chi connectivity index (χ4v) is 2.10. The number of nitrogens with zero attached hydrogens (tertiary/aromatic N) is 3. The second-order valence-electron chi connectivity index (χ2n) is 4.42. The van der Waals surface area contributed by atoms with Crippen molar-refractivity contribution in [2.45, 2.75) is 32.7 Å². The predicted molar refractivity (Wildman–Crippen MR) is 70.5 cm³/mol. The van der Waals surface area contributed by atoms with E-state index in [1.165, 1.54) is 19.2 Å². The largest absolute Gasteiger partial charge is 0.368 e. The maximum atomic E-state index is 5.94. The van der Waals surface area contributed by atoms with Crippen LogP contribution < -0.4 is 5.32 Å². The van der Waals surface area contributed by atoms with Gasteiger partial charge in [0, 0.05) is 24.7 Å². The van der Waals surface area contributed by atoms with Crippen molar-refractivity contribution < 1.29 is 0 Å². The van der Waals surface area contributed by atoms with Crippen LogP contribution in [0.15, 0.2) is 6.33 Å². The second-order valence-corrected chi connectivity index (χ2v) is 4.78. The predicted octanol–water partition coefficient (Wildman–Crippen LogP) is 2.33. The number of anilines is 1. The van der Waals surface area contributed by atoms with E-state index in [1.807, 2.05) is 6.92 Å².